The first kappa shape index (κ1) is 22.1. The van der Waals surface area contributed by atoms with Crippen molar-refractivity contribution in [3.05, 3.63) is 0 Å². The van der Waals surface area contributed by atoms with Crippen molar-refractivity contribution in [1.29, 1.82) is 0 Å². The smallest absolute Gasteiger partial charge is 0.448 e. The highest BCUT2D eigenvalue weighted by Crippen LogP contribution is 2.08. The highest BCUT2D eigenvalue weighted by Gasteiger charge is 1.98. The number of rotatable bonds is 18. The predicted molar refractivity (Wildman–Crippen MR) is 86.6 cm³/mol. The molecule has 0 aromatic rings. The van der Waals surface area contributed by atoms with E-state index in [0.29, 0.717) is 6.61 Å². The Bertz CT molecular complexity index is 253. The molecule has 0 aliphatic rings. The molecule has 0 aromatic carbocycles. The molecular weight excluding hydrogens is 302 g/mol. The predicted octanol–water partition coefficient (Wildman–Crippen LogP) is 4.38. The fourth-order valence-corrected chi connectivity index (χ4v) is 2.19. The minimum absolute atomic E-state index is 0.354. The number of unbranched alkanes of at least 4 members (excludes halogenated alkanes) is 9. The maximum absolute atomic E-state index is 9.88. The zero-order chi connectivity index (χ0) is 17.0. The third-order valence-electron chi connectivity index (χ3n) is 3.47. The summed E-state index contributed by atoms with van der Waals surface area (Å²) in [5.41, 5.74) is 0. The minimum atomic E-state index is -1.58. The van der Waals surface area contributed by atoms with Gasteiger partial charge in [0, 0.05) is 5.04 Å². The van der Waals surface area contributed by atoms with Crippen LogP contribution in [0.25, 0.3) is 0 Å². The summed E-state index contributed by atoms with van der Waals surface area (Å²) in [4.78, 5) is 18.1. The van der Waals surface area contributed by atoms with Crippen LogP contribution < -0.4 is 5.32 Å². The van der Waals surface area contributed by atoms with Gasteiger partial charge in [0.1, 0.15) is 0 Å². The number of hydrogen-bond donors (Lipinski definition) is 2. The topological polar surface area (TPSA) is 86.3 Å². The third-order valence-corrected chi connectivity index (χ3v) is 3.47. The lowest BCUT2D eigenvalue weighted by Crippen LogP contribution is -2.16. The Balaban J connectivity index is 2.96. The highest BCUT2D eigenvalue weighted by molar-refractivity contribution is 5.55. The number of hydrogen-bond acceptors (Lipinski definition) is 6. The molecule has 0 saturated carbocycles. The Morgan fingerprint density at radius 3 is 2.00 bits per heavy atom. The first-order chi connectivity index (χ1) is 11.3. The third kappa shape index (κ3) is 21.1. The summed E-state index contributed by atoms with van der Waals surface area (Å²) in [5, 5.41) is 19.4. The van der Waals surface area contributed by atoms with Gasteiger partial charge in [0.25, 0.3) is 0 Å². The molecule has 0 atom stereocenters. The zero-order valence-corrected chi connectivity index (χ0v) is 14.4. The molecule has 0 saturated heterocycles. The molecule has 23 heavy (non-hydrogen) atoms. The van der Waals surface area contributed by atoms with E-state index < -0.39 is 6.16 Å². The Labute approximate surface area is 139 Å². The second-order valence-corrected chi connectivity index (χ2v) is 5.59. The number of carboxylic acid groups (broad SMARTS) is 1. The van der Waals surface area contributed by atoms with Gasteiger partial charge in [0.05, 0.1) is 6.61 Å². The summed E-state index contributed by atoms with van der Waals surface area (Å²) in [7, 11) is 0. The summed E-state index contributed by atoms with van der Waals surface area (Å²) in [6, 6.07) is 0. The standard InChI is InChI=1S/C16H33NO6/c1-2-3-10-13-17-14-11-8-6-4-5-7-9-12-15-20-22-23-21-16(18)19/h17H,2-15H2,1H3,(H,18,19). The molecule has 138 valence electrons. The molecule has 0 fully saturated rings. The summed E-state index contributed by atoms with van der Waals surface area (Å²) >= 11 is 0. The lowest BCUT2D eigenvalue weighted by Gasteiger charge is -2.04. The SMILES string of the molecule is CCCCCNCCCCCCCCCCOOOOC(=O)O. The first-order valence-corrected chi connectivity index (χ1v) is 8.83. The van der Waals surface area contributed by atoms with Crippen molar-refractivity contribution in [2.45, 2.75) is 77.6 Å². The Morgan fingerprint density at radius 1 is 0.826 bits per heavy atom. The van der Waals surface area contributed by atoms with Crippen LogP contribution in [0.2, 0.25) is 0 Å². The Kier molecular flexibility index (Phi) is 18.4. The molecular formula is C16H33NO6. The van der Waals surface area contributed by atoms with Crippen LogP contribution in [-0.4, -0.2) is 31.0 Å². The van der Waals surface area contributed by atoms with Gasteiger partial charge in [-0.15, -0.1) is 0 Å². The highest BCUT2D eigenvalue weighted by atomic mass is 17.7. The van der Waals surface area contributed by atoms with Crippen LogP contribution in [0.3, 0.4) is 0 Å². The maximum atomic E-state index is 9.88. The van der Waals surface area contributed by atoms with Gasteiger partial charge in [-0.25, -0.2) is 14.6 Å². The van der Waals surface area contributed by atoms with Gasteiger partial charge in [0.15, 0.2) is 0 Å². The Hall–Kier alpha value is -0.890. The lowest BCUT2D eigenvalue weighted by molar-refractivity contribution is -0.618. The normalized spacial score (nSPS) is 10.8. The number of nitrogens with one attached hydrogen (secondary N) is 1. The molecule has 0 aliphatic heterocycles. The summed E-state index contributed by atoms with van der Waals surface area (Å²) in [5.74, 6) is 0. The molecule has 0 unspecified atom stereocenters. The quantitative estimate of drug-likeness (QED) is 0.218. The minimum Gasteiger partial charge on any atom is -0.448 e. The van der Waals surface area contributed by atoms with Crippen LogP contribution >= 0.6 is 0 Å². The van der Waals surface area contributed by atoms with Gasteiger partial charge in [0.2, 0.25) is 0 Å². The van der Waals surface area contributed by atoms with E-state index in [1.807, 2.05) is 0 Å². The van der Waals surface area contributed by atoms with Gasteiger partial charge in [-0.3, -0.25) is 0 Å². The van der Waals surface area contributed by atoms with E-state index in [1.165, 1.54) is 57.8 Å². The summed E-state index contributed by atoms with van der Waals surface area (Å²) in [6.07, 6.45) is 11.8. The largest absolute Gasteiger partial charge is 0.540 e. The average Bonchev–Trinajstić information content (AvgIpc) is 2.53. The molecule has 0 amide bonds. The van der Waals surface area contributed by atoms with Gasteiger partial charge < -0.3 is 10.4 Å². The second kappa shape index (κ2) is 19.2. The van der Waals surface area contributed by atoms with Gasteiger partial charge >= 0.3 is 6.16 Å². The van der Waals surface area contributed by atoms with Crippen LogP contribution in [0.4, 0.5) is 4.79 Å². The molecule has 7 nitrogen and oxygen atoms in total. The van der Waals surface area contributed by atoms with E-state index in [-0.39, 0.29) is 0 Å². The van der Waals surface area contributed by atoms with Gasteiger partial charge in [-0.1, -0.05) is 58.3 Å². The van der Waals surface area contributed by atoms with E-state index in [2.05, 4.69) is 32.1 Å². The van der Waals surface area contributed by atoms with Gasteiger partial charge in [-0.05, 0) is 37.4 Å². The summed E-state index contributed by atoms with van der Waals surface area (Å²) in [6.45, 7) is 4.89. The average molecular weight is 335 g/mol. The molecule has 0 aliphatic carbocycles. The van der Waals surface area contributed by atoms with E-state index in [0.717, 1.165) is 25.9 Å². The first-order valence-electron chi connectivity index (χ1n) is 8.83. The molecule has 2 N–H and O–H groups in total. The van der Waals surface area contributed by atoms with Crippen molar-refractivity contribution in [3.8, 4) is 0 Å². The molecule has 0 spiro atoms. The zero-order valence-electron chi connectivity index (χ0n) is 14.4. The maximum Gasteiger partial charge on any atom is 0.540 e. The van der Waals surface area contributed by atoms with Crippen LogP contribution in [0.15, 0.2) is 0 Å². The van der Waals surface area contributed by atoms with Crippen LogP contribution in [0.1, 0.15) is 77.6 Å². The van der Waals surface area contributed by atoms with E-state index in [9.17, 15) is 4.79 Å². The van der Waals surface area contributed by atoms with E-state index in [4.69, 9.17) is 5.11 Å². The van der Waals surface area contributed by atoms with Crippen molar-refractivity contribution < 1.29 is 29.8 Å². The fourth-order valence-electron chi connectivity index (χ4n) is 2.19. The molecule has 0 radical (unpaired) electrons. The summed E-state index contributed by atoms with van der Waals surface area (Å²) < 4.78 is 0. The monoisotopic (exact) mass is 335 g/mol. The van der Waals surface area contributed by atoms with Crippen molar-refractivity contribution in [2.24, 2.45) is 0 Å². The van der Waals surface area contributed by atoms with Crippen LogP contribution in [0.5, 0.6) is 0 Å². The van der Waals surface area contributed by atoms with Crippen molar-refractivity contribution in [3.63, 3.8) is 0 Å². The van der Waals surface area contributed by atoms with E-state index >= 15 is 0 Å². The van der Waals surface area contributed by atoms with Crippen LogP contribution in [-0.2, 0) is 19.9 Å². The molecule has 7 heteroatoms. The molecule has 0 bridgehead atoms. The van der Waals surface area contributed by atoms with Crippen molar-refractivity contribution in [2.75, 3.05) is 19.7 Å². The second-order valence-electron chi connectivity index (χ2n) is 5.59. The van der Waals surface area contributed by atoms with Crippen molar-refractivity contribution >= 4 is 6.16 Å². The lowest BCUT2D eigenvalue weighted by atomic mass is 10.1. The van der Waals surface area contributed by atoms with Crippen molar-refractivity contribution in [1.82, 2.24) is 5.32 Å². The molecule has 0 rings (SSSR count). The fraction of sp³-hybridized carbons (Fsp3) is 0.938. The molecule has 0 heterocycles. The Morgan fingerprint density at radius 2 is 1.39 bits per heavy atom. The van der Waals surface area contributed by atoms with Gasteiger partial charge in [-0.2, -0.15) is 0 Å². The van der Waals surface area contributed by atoms with Crippen LogP contribution in [0, 0.1) is 0 Å². The molecule has 0 aromatic heterocycles. The van der Waals surface area contributed by atoms with E-state index in [1.54, 1.807) is 0 Å². The number of carbonyl (C=O) groups is 1.